The molecule has 0 aliphatic heterocycles. The van der Waals surface area contributed by atoms with Gasteiger partial charge in [0, 0.05) is 19.3 Å². The number of rotatable bonds is 39. The Hall–Kier alpha value is -4.45. The minimum absolute atomic E-state index is 0.129. The molecule has 0 N–H and O–H groups in total. The summed E-state index contributed by atoms with van der Waals surface area (Å²) >= 11 is 0. The van der Waals surface area contributed by atoms with E-state index in [0.717, 1.165) is 109 Å². The lowest BCUT2D eigenvalue weighted by Crippen LogP contribution is -2.30. The second-order valence-electron chi connectivity index (χ2n) is 14.7. The van der Waals surface area contributed by atoms with Crippen LogP contribution in [0.1, 0.15) is 168 Å². The molecule has 0 aromatic rings. The fraction of sp³-hybridized carbons (Fsp3) is 0.537. The van der Waals surface area contributed by atoms with E-state index in [0.29, 0.717) is 19.3 Å². The highest BCUT2D eigenvalue weighted by Gasteiger charge is 2.19. The molecule has 0 radical (unpaired) electrons. The average Bonchev–Trinajstić information content (AvgIpc) is 3.24. The number of ether oxygens (including phenoxy) is 3. The SMILES string of the molecule is CC\C=C/C=C\C=C/C=C\C=C/CCCC(=O)OC(COC(=O)CCCCC/C=C\C/C=C\C/C=C\C/C=C\C/C=C\CC)COC(=O)CCCCCC/C=C\CCCC. The number of allylic oxidation sites excluding steroid dienone is 22. The maximum Gasteiger partial charge on any atom is 0.306 e. The summed E-state index contributed by atoms with van der Waals surface area (Å²) < 4.78 is 16.6. The molecule has 0 aliphatic carbocycles. The van der Waals surface area contributed by atoms with E-state index in [-0.39, 0.29) is 31.6 Å². The summed E-state index contributed by atoms with van der Waals surface area (Å²) in [5.74, 6) is -1.07. The van der Waals surface area contributed by atoms with Gasteiger partial charge in [0.1, 0.15) is 13.2 Å². The molecule has 0 amide bonds. The largest absolute Gasteiger partial charge is 0.462 e. The maximum absolute atomic E-state index is 12.7. The molecular weight excluding hydrogens is 745 g/mol. The minimum atomic E-state index is -0.836. The van der Waals surface area contributed by atoms with Gasteiger partial charge in [-0.15, -0.1) is 0 Å². The number of hydrogen-bond acceptors (Lipinski definition) is 6. The van der Waals surface area contributed by atoms with Gasteiger partial charge in [0.2, 0.25) is 0 Å². The van der Waals surface area contributed by atoms with Gasteiger partial charge in [0.15, 0.2) is 6.10 Å². The first kappa shape index (κ1) is 55.6. The van der Waals surface area contributed by atoms with Crippen LogP contribution in [-0.2, 0) is 28.6 Å². The number of hydrogen-bond donors (Lipinski definition) is 0. The van der Waals surface area contributed by atoms with Crippen LogP contribution < -0.4 is 0 Å². The molecule has 0 aromatic heterocycles. The summed E-state index contributed by atoms with van der Waals surface area (Å²) in [6.45, 7) is 6.19. The Balaban J connectivity index is 4.56. The third-order valence-electron chi connectivity index (χ3n) is 9.00. The van der Waals surface area contributed by atoms with Crippen molar-refractivity contribution in [3.8, 4) is 0 Å². The second kappa shape index (κ2) is 47.2. The predicted octanol–water partition coefficient (Wildman–Crippen LogP) is 15.1. The molecule has 1 unspecified atom stereocenters. The van der Waals surface area contributed by atoms with Gasteiger partial charge in [0.05, 0.1) is 0 Å². The second-order valence-corrected chi connectivity index (χ2v) is 14.7. The molecule has 0 spiro atoms. The van der Waals surface area contributed by atoms with Crippen LogP contribution in [0.25, 0.3) is 0 Å². The zero-order valence-corrected chi connectivity index (χ0v) is 37.9. The van der Waals surface area contributed by atoms with E-state index in [1.165, 1.54) is 12.8 Å². The number of carbonyl (C=O) groups is 3. The third kappa shape index (κ3) is 44.6. The fourth-order valence-corrected chi connectivity index (χ4v) is 5.54. The highest BCUT2D eigenvalue weighted by molar-refractivity contribution is 5.71. The summed E-state index contributed by atoms with van der Waals surface area (Å²) in [6, 6.07) is 0. The van der Waals surface area contributed by atoms with Gasteiger partial charge in [0.25, 0.3) is 0 Å². The van der Waals surface area contributed by atoms with Crippen LogP contribution in [0.2, 0.25) is 0 Å². The Labute approximate surface area is 366 Å². The van der Waals surface area contributed by atoms with Crippen molar-refractivity contribution >= 4 is 17.9 Å². The van der Waals surface area contributed by atoms with Gasteiger partial charge in [-0.05, 0) is 96.3 Å². The van der Waals surface area contributed by atoms with Crippen molar-refractivity contribution in [2.45, 2.75) is 175 Å². The molecule has 6 heteroatoms. The van der Waals surface area contributed by atoms with Crippen LogP contribution in [0.4, 0.5) is 0 Å². The molecule has 0 saturated carbocycles. The van der Waals surface area contributed by atoms with Gasteiger partial charge in [-0.25, -0.2) is 0 Å². The quantitative estimate of drug-likeness (QED) is 0.0202. The monoisotopic (exact) mass is 827 g/mol. The van der Waals surface area contributed by atoms with Crippen LogP contribution in [0, 0.1) is 0 Å². The molecule has 0 rings (SSSR count). The molecule has 1 atom stereocenters. The zero-order valence-electron chi connectivity index (χ0n) is 37.9. The Bertz CT molecular complexity index is 1370. The van der Waals surface area contributed by atoms with Crippen LogP contribution in [0.15, 0.2) is 134 Å². The molecular formula is C54H82O6. The summed E-state index contributed by atoms with van der Waals surface area (Å²) in [5, 5.41) is 0. The number of esters is 3. The first-order valence-corrected chi connectivity index (χ1v) is 23.3. The summed E-state index contributed by atoms with van der Waals surface area (Å²) in [4.78, 5) is 37.7. The normalized spacial score (nSPS) is 13.3. The van der Waals surface area contributed by atoms with Crippen LogP contribution >= 0.6 is 0 Å². The van der Waals surface area contributed by atoms with E-state index in [9.17, 15) is 14.4 Å². The minimum Gasteiger partial charge on any atom is -0.462 e. The van der Waals surface area contributed by atoms with Crippen molar-refractivity contribution in [3.63, 3.8) is 0 Å². The standard InChI is InChI=1S/C54H82O6/c1-4-7-10-13-16-19-22-24-25-26-27-28-29-31-32-35-38-41-44-47-53(56)59-50-51(49-58-52(55)46-43-40-37-34-21-18-15-12-9-6-3)60-54(57)48-45-42-39-36-33-30-23-20-17-14-11-8-5-2/h7-8,10-11,14-20,23-25,27-28,30-33,36,39,51H,4-6,9,12-13,21-22,26,29,34-35,37-38,40-50H2,1-3H3/b10-7-,11-8-,17-14-,18-15-,19-16-,23-20-,25-24-,28-27-,32-31-,33-30-,39-36-. The van der Waals surface area contributed by atoms with Gasteiger partial charge in [-0.2, -0.15) is 0 Å². The molecule has 0 aromatic carbocycles. The molecule has 334 valence electrons. The first-order valence-electron chi connectivity index (χ1n) is 23.3. The Morgan fingerprint density at radius 2 is 0.750 bits per heavy atom. The van der Waals surface area contributed by atoms with Crippen molar-refractivity contribution in [2.75, 3.05) is 13.2 Å². The topological polar surface area (TPSA) is 78.9 Å². The van der Waals surface area contributed by atoms with E-state index >= 15 is 0 Å². The lowest BCUT2D eigenvalue weighted by atomic mass is 10.1. The van der Waals surface area contributed by atoms with E-state index in [2.05, 4.69) is 99.8 Å². The van der Waals surface area contributed by atoms with Crippen molar-refractivity contribution in [1.82, 2.24) is 0 Å². The van der Waals surface area contributed by atoms with Crippen LogP contribution in [-0.4, -0.2) is 37.2 Å². The molecule has 0 bridgehead atoms. The Morgan fingerprint density at radius 1 is 0.367 bits per heavy atom. The Morgan fingerprint density at radius 3 is 1.27 bits per heavy atom. The summed E-state index contributed by atoms with van der Waals surface area (Å²) in [6.07, 6.45) is 65.9. The molecule has 60 heavy (non-hydrogen) atoms. The lowest BCUT2D eigenvalue weighted by molar-refractivity contribution is -0.167. The average molecular weight is 827 g/mol. The summed E-state index contributed by atoms with van der Waals surface area (Å²) in [7, 11) is 0. The van der Waals surface area contributed by atoms with E-state index in [4.69, 9.17) is 14.2 Å². The number of carbonyl (C=O) groups excluding carboxylic acids is 3. The highest BCUT2D eigenvalue weighted by Crippen LogP contribution is 2.10. The fourth-order valence-electron chi connectivity index (χ4n) is 5.54. The van der Waals surface area contributed by atoms with Crippen LogP contribution in [0.5, 0.6) is 0 Å². The van der Waals surface area contributed by atoms with Crippen molar-refractivity contribution in [3.05, 3.63) is 134 Å². The molecule has 0 heterocycles. The van der Waals surface area contributed by atoms with Gasteiger partial charge < -0.3 is 14.2 Å². The summed E-state index contributed by atoms with van der Waals surface area (Å²) in [5.41, 5.74) is 0. The molecule has 0 saturated heterocycles. The van der Waals surface area contributed by atoms with Crippen molar-refractivity contribution in [2.24, 2.45) is 0 Å². The molecule has 6 nitrogen and oxygen atoms in total. The van der Waals surface area contributed by atoms with Gasteiger partial charge in [-0.1, -0.05) is 187 Å². The third-order valence-corrected chi connectivity index (χ3v) is 9.00. The lowest BCUT2D eigenvalue weighted by Gasteiger charge is -2.18. The molecule has 0 fully saturated rings. The molecule has 0 aliphatic rings. The maximum atomic E-state index is 12.7. The smallest absolute Gasteiger partial charge is 0.306 e. The van der Waals surface area contributed by atoms with Crippen molar-refractivity contribution < 1.29 is 28.6 Å². The highest BCUT2D eigenvalue weighted by atomic mass is 16.6. The van der Waals surface area contributed by atoms with Crippen LogP contribution in [0.3, 0.4) is 0 Å². The predicted molar refractivity (Wildman–Crippen MR) is 256 cm³/mol. The van der Waals surface area contributed by atoms with E-state index < -0.39 is 12.1 Å². The van der Waals surface area contributed by atoms with E-state index in [1.807, 2.05) is 54.7 Å². The zero-order chi connectivity index (χ0) is 43.7. The van der Waals surface area contributed by atoms with Gasteiger partial charge in [-0.3, -0.25) is 14.4 Å². The first-order chi connectivity index (χ1) is 29.5. The van der Waals surface area contributed by atoms with Crippen molar-refractivity contribution in [1.29, 1.82) is 0 Å². The van der Waals surface area contributed by atoms with E-state index in [1.54, 1.807) is 0 Å². The van der Waals surface area contributed by atoms with Gasteiger partial charge >= 0.3 is 17.9 Å². The Kier molecular flexibility index (Phi) is 43.7. The number of unbranched alkanes of at least 4 members (excludes halogenated alkanes) is 10.